The summed E-state index contributed by atoms with van der Waals surface area (Å²) in [4.78, 5) is 37.5. The zero-order valence-electron chi connectivity index (χ0n) is 20.8. The summed E-state index contributed by atoms with van der Waals surface area (Å²) in [6.07, 6.45) is -0.663. The van der Waals surface area contributed by atoms with Gasteiger partial charge in [-0.3, -0.25) is 9.59 Å². The van der Waals surface area contributed by atoms with Crippen LogP contribution in [0, 0.1) is 0 Å². The van der Waals surface area contributed by atoms with Crippen LogP contribution in [0.4, 0.5) is 4.79 Å². The molecule has 8 heteroatoms. The van der Waals surface area contributed by atoms with Crippen LogP contribution in [-0.4, -0.2) is 56.5 Å². The SMILES string of the molecule is COCCNC(=O)[C@H](CCC(=O)OC(C)(C)C)NC(=O)OCC1c2ccccc2-c2ccccc21. The fourth-order valence-electron chi connectivity index (χ4n) is 4.11. The third-order valence-corrected chi connectivity index (χ3v) is 5.61. The molecular formula is C27H34N2O6. The molecule has 1 aliphatic carbocycles. The van der Waals surface area contributed by atoms with Gasteiger partial charge in [0.1, 0.15) is 18.2 Å². The van der Waals surface area contributed by atoms with Gasteiger partial charge in [-0.05, 0) is 49.4 Å². The lowest BCUT2D eigenvalue weighted by atomic mass is 9.98. The summed E-state index contributed by atoms with van der Waals surface area (Å²) in [6.45, 7) is 6.06. The molecule has 188 valence electrons. The van der Waals surface area contributed by atoms with Gasteiger partial charge in [-0.15, -0.1) is 0 Å². The van der Waals surface area contributed by atoms with Crippen LogP contribution in [0.5, 0.6) is 0 Å². The fraction of sp³-hybridized carbons (Fsp3) is 0.444. The molecule has 2 aromatic rings. The van der Waals surface area contributed by atoms with Gasteiger partial charge in [0.2, 0.25) is 5.91 Å². The smallest absolute Gasteiger partial charge is 0.407 e. The van der Waals surface area contributed by atoms with Crippen LogP contribution in [0.1, 0.15) is 50.7 Å². The van der Waals surface area contributed by atoms with Gasteiger partial charge >= 0.3 is 12.1 Å². The molecule has 2 amide bonds. The minimum Gasteiger partial charge on any atom is -0.460 e. The Morgan fingerprint density at radius 2 is 1.57 bits per heavy atom. The molecule has 0 spiro atoms. The number of carbonyl (C=O) groups excluding carboxylic acids is 3. The lowest BCUT2D eigenvalue weighted by Gasteiger charge is -2.22. The summed E-state index contributed by atoms with van der Waals surface area (Å²) in [5.74, 6) is -0.954. The summed E-state index contributed by atoms with van der Waals surface area (Å²) < 4.78 is 15.8. The number of methoxy groups -OCH3 is 1. The van der Waals surface area contributed by atoms with Gasteiger partial charge in [-0.1, -0.05) is 48.5 Å². The molecule has 0 radical (unpaired) electrons. The van der Waals surface area contributed by atoms with E-state index in [1.165, 1.54) is 7.11 Å². The largest absolute Gasteiger partial charge is 0.460 e. The van der Waals surface area contributed by atoms with E-state index in [1.54, 1.807) is 20.8 Å². The Kier molecular flexibility index (Phi) is 8.87. The first-order valence-corrected chi connectivity index (χ1v) is 11.8. The number of nitrogens with one attached hydrogen (secondary N) is 2. The third-order valence-electron chi connectivity index (χ3n) is 5.61. The lowest BCUT2D eigenvalue weighted by molar-refractivity contribution is -0.155. The maximum Gasteiger partial charge on any atom is 0.407 e. The molecule has 0 heterocycles. The van der Waals surface area contributed by atoms with Crippen molar-refractivity contribution in [2.75, 3.05) is 26.9 Å². The number of hydrogen-bond donors (Lipinski definition) is 2. The summed E-state index contributed by atoms with van der Waals surface area (Å²) in [7, 11) is 1.53. The Bertz CT molecular complexity index is 1000. The number of benzene rings is 2. The lowest BCUT2D eigenvalue weighted by Crippen LogP contribution is -2.48. The number of carbonyl (C=O) groups is 3. The molecule has 0 aromatic heterocycles. The number of esters is 1. The first-order valence-electron chi connectivity index (χ1n) is 11.8. The average molecular weight is 483 g/mol. The van der Waals surface area contributed by atoms with E-state index < -0.39 is 29.6 Å². The maximum absolute atomic E-state index is 12.7. The van der Waals surface area contributed by atoms with Crippen LogP contribution in [0.3, 0.4) is 0 Å². The third kappa shape index (κ3) is 7.29. The van der Waals surface area contributed by atoms with E-state index in [0.29, 0.717) is 6.61 Å². The number of alkyl carbamates (subject to hydrolysis) is 1. The number of hydrogen-bond acceptors (Lipinski definition) is 6. The van der Waals surface area contributed by atoms with E-state index in [0.717, 1.165) is 22.3 Å². The zero-order valence-corrected chi connectivity index (χ0v) is 20.8. The minimum absolute atomic E-state index is 0.0245. The number of amides is 2. The van der Waals surface area contributed by atoms with Crippen LogP contribution in [0.2, 0.25) is 0 Å². The number of fused-ring (bicyclic) bond motifs is 3. The van der Waals surface area contributed by atoms with E-state index >= 15 is 0 Å². The molecule has 3 rings (SSSR count). The highest BCUT2D eigenvalue weighted by molar-refractivity contribution is 5.86. The molecule has 0 fully saturated rings. The Labute approximate surface area is 206 Å². The highest BCUT2D eigenvalue weighted by atomic mass is 16.6. The Balaban J connectivity index is 1.62. The van der Waals surface area contributed by atoms with Crippen molar-refractivity contribution in [3.63, 3.8) is 0 Å². The molecule has 1 aliphatic rings. The molecule has 35 heavy (non-hydrogen) atoms. The fourth-order valence-corrected chi connectivity index (χ4v) is 4.11. The topological polar surface area (TPSA) is 103 Å². The van der Waals surface area contributed by atoms with E-state index in [1.807, 2.05) is 36.4 Å². The van der Waals surface area contributed by atoms with Crippen molar-refractivity contribution in [1.82, 2.24) is 10.6 Å². The van der Waals surface area contributed by atoms with Gasteiger partial charge in [-0.2, -0.15) is 0 Å². The number of rotatable bonds is 10. The van der Waals surface area contributed by atoms with E-state index in [9.17, 15) is 14.4 Å². The molecule has 2 aromatic carbocycles. The standard InChI is InChI=1S/C27H34N2O6/c1-27(2,3)35-24(30)14-13-23(25(31)28-15-16-33-4)29-26(32)34-17-22-20-11-7-5-9-18(20)19-10-6-8-12-21(19)22/h5-12,22-23H,13-17H2,1-4H3,(H,28,31)(H,29,32)/t23-/m0/s1. The van der Waals surface area contributed by atoms with Crippen molar-refractivity contribution in [2.45, 2.75) is 51.2 Å². The van der Waals surface area contributed by atoms with Crippen molar-refractivity contribution in [2.24, 2.45) is 0 Å². The van der Waals surface area contributed by atoms with Gasteiger partial charge in [0.05, 0.1) is 6.61 Å². The van der Waals surface area contributed by atoms with Crippen LogP contribution in [0.25, 0.3) is 11.1 Å². The average Bonchev–Trinajstić information content (AvgIpc) is 3.13. The van der Waals surface area contributed by atoms with E-state index in [2.05, 4.69) is 22.8 Å². The number of ether oxygens (including phenoxy) is 3. The Hall–Kier alpha value is -3.39. The minimum atomic E-state index is -0.949. The van der Waals surface area contributed by atoms with Gasteiger partial charge in [0.15, 0.2) is 0 Å². The van der Waals surface area contributed by atoms with Crippen LogP contribution in [0.15, 0.2) is 48.5 Å². The van der Waals surface area contributed by atoms with Crippen molar-refractivity contribution in [3.8, 4) is 11.1 Å². The summed E-state index contributed by atoms with van der Waals surface area (Å²) in [6, 6.07) is 15.2. The molecule has 0 saturated heterocycles. The summed E-state index contributed by atoms with van der Waals surface area (Å²) in [5.41, 5.74) is 3.82. The Morgan fingerprint density at radius 1 is 0.971 bits per heavy atom. The normalized spacial score (nSPS) is 13.4. The van der Waals surface area contributed by atoms with Gasteiger partial charge in [-0.25, -0.2) is 4.79 Å². The molecule has 8 nitrogen and oxygen atoms in total. The highest BCUT2D eigenvalue weighted by Gasteiger charge is 2.30. The second kappa shape index (κ2) is 11.8. The molecule has 0 bridgehead atoms. The molecular weight excluding hydrogens is 448 g/mol. The maximum atomic E-state index is 12.7. The van der Waals surface area contributed by atoms with Crippen molar-refractivity contribution < 1.29 is 28.6 Å². The second-order valence-corrected chi connectivity index (χ2v) is 9.43. The molecule has 2 N–H and O–H groups in total. The van der Waals surface area contributed by atoms with E-state index in [4.69, 9.17) is 14.2 Å². The van der Waals surface area contributed by atoms with Crippen molar-refractivity contribution in [3.05, 3.63) is 59.7 Å². The Morgan fingerprint density at radius 3 is 2.14 bits per heavy atom. The molecule has 0 aliphatic heterocycles. The van der Waals surface area contributed by atoms with Gasteiger partial charge < -0.3 is 24.8 Å². The zero-order chi connectivity index (χ0) is 25.4. The molecule has 1 atom stereocenters. The first kappa shape index (κ1) is 26.2. The van der Waals surface area contributed by atoms with Gasteiger partial charge in [0.25, 0.3) is 0 Å². The predicted molar refractivity (Wildman–Crippen MR) is 132 cm³/mol. The first-order chi connectivity index (χ1) is 16.7. The molecule has 0 unspecified atom stereocenters. The highest BCUT2D eigenvalue weighted by Crippen LogP contribution is 2.44. The van der Waals surface area contributed by atoms with Crippen molar-refractivity contribution in [1.29, 1.82) is 0 Å². The monoisotopic (exact) mass is 482 g/mol. The van der Waals surface area contributed by atoms with Crippen LogP contribution in [-0.2, 0) is 23.8 Å². The van der Waals surface area contributed by atoms with Crippen molar-refractivity contribution >= 4 is 18.0 Å². The molecule has 0 saturated carbocycles. The predicted octanol–water partition coefficient (Wildman–Crippen LogP) is 3.78. The second-order valence-electron chi connectivity index (χ2n) is 9.43. The summed E-state index contributed by atoms with van der Waals surface area (Å²) >= 11 is 0. The summed E-state index contributed by atoms with van der Waals surface area (Å²) in [5, 5.41) is 5.31. The van der Waals surface area contributed by atoms with E-state index in [-0.39, 0.29) is 31.9 Å². The van der Waals surface area contributed by atoms with Crippen LogP contribution < -0.4 is 10.6 Å². The quantitative estimate of drug-likeness (QED) is 0.395. The van der Waals surface area contributed by atoms with Gasteiger partial charge in [0, 0.05) is 26.0 Å². The van der Waals surface area contributed by atoms with Crippen LogP contribution >= 0.6 is 0 Å².